The van der Waals surface area contributed by atoms with Gasteiger partial charge >= 0.3 is 5.97 Å². The molecule has 0 saturated carbocycles. The Labute approximate surface area is 115 Å². The quantitative estimate of drug-likeness (QED) is 0.793. The standard InChI is InChI=1S/C14H13FN2O3/c15-10-8-12(14(18)19)13(17-9-10)16-6-7-20-11-4-2-1-3-5-11/h1-5,8-9H,6-7H2,(H,16,17)(H,18,19). The van der Waals surface area contributed by atoms with Crippen LogP contribution in [-0.4, -0.2) is 29.2 Å². The maximum absolute atomic E-state index is 12.9. The Morgan fingerprint density at radius 2 is 2.10 bits per heavy atom. The van der Waals surface area contributed by atoms with Crippen LogP contribution in [0.4, 0.5) is 10.2 Å². The molecule has 0 spiro atoms. The van der Waals surface area contributed by atoms with E-state index in [4.69, 9.17) is 9.84 Å². The molecule has 0 fully saturated rings. The number of nitrogens with zero attached hydrogens (tertiary/aromatic N) is 1. The van der Waals surface area contributed by atoms with Crippen molar-refractivity contribution in [1.82, 2.24) is 4.98 Å². The second kappa shape index (κ2) is 6.51. The van der Waals surface area contributed by atoms with Gasteiger partial charge in [-0.25, -0.2) is 14.2 Å². The van der Waals surface area contributed by atoms with Crippen molar-refractivity contribution in [2.24, 2.45) is 0 Å². The molecule has 1 heterocycles. The molecule has 6 heteroatoms. The summed E-state index contributed by atoms with van der Waals surface area (Å²) in [5.41, 5.74) is -0.204. The van der Waals surface area contributed by atoms with Crippen molar-refractivity contribution >= 4 is 11.8 Å². The van der Waals surface area contributed by atoms with Crippen molar-refractivity contribution in [3.63, 3.8) is 0 Å². The van der Waals surface area contributed by atoms with Gasteiger partial charge in [0, 0.05) is 0 Å². The van der Waals surface area contributed by atoms with Crippen molar-refractivity contribution in [2.75, 3.05) is 18.5 Å². The zero-order valence-corrected chi connectivity index (χ0v) is 10.5. The van der Waals surface area contributed by atoms with Crippen molar-refractivity contribution in [2.45, 2.75) is 0 Å². The van der Waals surface area contributed by atoms with Crippen LogP contribution in [0.3, 0.4) is 0 Å². The van der Waals surface area contributed by atoms with Gasteiger partial charge in [-0.2, -0.15) is 0 Å². The molecule has 0 aliphatic carbocycles. The number of aromatic carboxylic acids is 1. The van der Waals surface area contributed by atoms with Crippen LogP contribution < -0.4 is 10.1 Å². The van der Waals surface area contributed by atoms with E-state index in [0.717, 1.165) is 18.0 Å². The molecular weight excluding hydrogens is 263 g/mol. The van der Waals surface area contributed by atoms with E-state index in [2.05, 4.69) is 10.3 Å². The molecular formula is C14H13FN2O3. The van der Waals surface area contributed by atoms with Gasteiger partial charge in [-0.05, 0) is 18.2 Å². The summed E-state index contributed by atoms with van der Waals surface area (Å²) >= 11 is 0. The smallest absolute Gasteiger partial charge is 0.339 e. The number of ether oxygens (including phenoxy) is 1. The molecule has 5 nitrogen and oxygen atoms in total. The molecule has 0 radical (unpaired) electrons. The molecule has 0 atom stereocenters. The fourth-order valence-corrected chi connectivity index (χ4v) is 1.60. The highest BCUT2D eigenvalue weighted by Gasteiger charge is 2.12. The number of halogens is 1. The Kier molecular flexibility index (Phi) is 4.49. The highest BCUT2D eigenvalue weighted by Crippen LogP contribution is 2.13. The summed E-state index contributed by atoms with van der Waals surface area (Å²) in [6.45, 7) is 0.690. The number of anilines is 1. The second-order valence-electron chi connectivity index (χ2n) is 3.94. The normalized spacial score (nSPS) is 10.1. The maximum atomic E-state index is 12.9. The molecule has 0 unspecified atom stereocenters. The molecule has 2 N–H and O–H groups in total. The van der Waals surface area contributed by atoms with E-state index in [9.17, 15) is 9.18 Å². The number of hydrogen-bond donors (Lipinski definition) is 2. The molecule has 20 heavy (non-hydrogen) atoms. The Morgan fingerprint density at radius 3 is 2.80 bits per heavy atom. The number of aromatic nitrogens is 1. The minimum absolute atomic E-state index is 0.121. The van der Waals surface area contributed by atoms with E-state index >= 15 is 0 Å². The summed E-state index contributed by atoms with van der Waals surface area (Å²) < 4.78 is 18.4. The van der Waals surface area contributed by atoms with Crippen LogP contribution in [-0.2, 0) is 0 Å². The number of benzene rings is 1. The molecule has 1 aromatic heterocycles. The van der Waals surface area contributed by atoms with Gasteiger partial charge in [0.1, 0.15) is 29.6 Å². The Hall–Kier alpha value is -2.63. The first-order valence-corrected chi connectivity index (χ1v) is 5.97. The van der Waals surface area contributed by atoms with E-state index in [1.807, 2.05) is 30.3 Å². The lowest BCUT2D eigenvalue weighted by atomic mass is 10.2. The molecule has 0 amide bonds. The predicted octanol–water partition coefficient (Wildman–Crippen LogP) is 2.41. The van der Waals surface area contributed by atoms with Crippen LogP contribution in [0.15, 0.2) is 42.6 Å². The Morgan fingerprint density at radius 1 is 1.35 bits per heavy atom. The molecule has 2 aromatic rings. The SMILES string of the molecule is O=C(O)c1cc(F)cnc1NCCOc1ccccc1. The molecule has 0 aliphatic heterocycles. The average Bonchev–Trinajstić information content (AvgIpc) is 2.45. The average molecular weight is 276 g/mol. The molecule has 0 aliphatic rings. The Balaban J connectivity index is 1.90. The lowest BCUT2D eigenvalue weighted by Gasteiger charge is -2.09. The van der Waals surface area contributed by atoms with Gasteiger partial charge < -0.3 is 15.2 Å². The monoisotopic (exact) mass is 276 g/mol. The van der Waals surface area contributed by atoms with Crippen LogP contribution in [0, 0.1) is 5.82 Å². The van der Waals surface area contributed by atoms with Gasteiger partial charge in [0.2, 0.25) is 0 Å². The number of rotatable bonds is 6. The van der Waals surface area contributed by atoms with Gasteiger partial charge in [-0.15, -0.1) is 0 Å². The van der Waals surface area contributed by atoms with E-state index < -0.39 is 11.8 Å². The van der Waals surface area contributed by atoms with Gasteiger partial charge in [0.15, 0.2) is 0 Å². The molecule has 1 aromatic carbocycles. The number of pyridine rings is 1. The minimum Gasteiger partial charge on any atom is -0.492 e. The van der Waals surface area contributed by atoms with Crippen molar-refractivity contribution in [3.8, 4) is 5.75 Å². The van der Waals surface area contributed by atoms with Gasteiger partial charge in [0.05, 0.1) is 12.7 Å². The number of nitrogens with one attached hydrogen (secondary N) is 1. The van der Waals surface area contributed by atoms with E-state index in [1.165, 1.54) is 0 Å². The third kappa shape index (κ3) is 3.68. The summed E-state index contributed by atoms with van der Waals surface area (Å²) in [6, 6.07) is 10.2. The van der Waals surface area contributed by atoms with E-state index in [0.29, 0.717) is 13.2 Å². The summed E-state index contributed by atoms with van der Waals surface area (Å²) in [5, 5.41) is 11.8. The first-order valence-electron chi connectivity index (χ1n) is 5.97. The molecule has 104 valence electrons. The van der Waals surface area contributed by atoms with E-state index in [-0.39, 0.29) is 11.4 Å². The summed E-state index contributed by atoms with van der Waals surface area (Å²) in [6.07, 6.45) is 0.965. The van der Waals surface area contributed by atoms with Crippen LogP contribution >= 0.6 is 0 Å². The number of hydrogen-bond acceptors (Lipinski definition) is 4. The fraction of sp³-hybridized carbons (Fsp3) is 0.143. The first kappa shape index (κ1) is 13.8. The number of carboxylic acids is 1. The zero-order chi connectivity index (χ0) is 14.4. The fourth-order valence-electron chi connectivity index (χ4n) is 1.60. The third-order valence-electron chi connectivity index (χ3n) is 2.49. The highest BCUT2D eigenvalue weighted by atomic mass is 19.1. The lowest BCUT2D eigenvalue weighted by molar-refractivity contribution is 0.0697. The van der Waals surface area contributed by atoms with Crippen molar-refractivity contribution in [1.29, 1.82) is 0 Å². The van der Waals surface area contributed by atoms with Crippen LogP contribution in [0.25, 0.3) is 0 Å². The second-order valence-corrected chi connectivity index (χ2v) is 3.94. The maximum Gasteiger partial charge on any atom is 0.339 e. The molecule has 2 rings (SSSR count). The minimum atomic E-state index is -1.23. The summed E-state index contributed by atoms with van der Waals surface area (Å²) in [4.78, 5) is 14.7. The van der Waals surface area contributed by atoms with E-state index in [1.54, 1.807) is 0 Å². The number of carbonyl (C=O) groups is 1. The summed E-state index contributed by atoms with van der Waals surface area (Å²) in [5.74, 6) is -1.08. The number of carboxylic acid groups (broad SMARTS) is 1. The van der Waals surface area contributed by atoms with Gasteiger partial charge in [-0.1, -0.05) is 18.2 Å². The largest absolute Gasteiger partial charge is 0.492 e. The number of para-hydroxylation sites is 1. The predicted molar refractivity (Wildman–Crippen MR) is 71.6 cm³/mol. The van der Waals surface area contributed by atoms with Gasteiger partial charge in [0.25, 0.3) is 0 Å². The van der Waals surface area contributed by atoms with Crippen LogP contribution in [0.2, 0.25) is 0 Å². The van der Waals surface area contributed by atoms with Gasteiger partial charge in [-0.3, -0.25) is 0 Å². The van der Waals surface area contributed by atoms with Crippen LogP contribution in [0.1, 0.15) is 10.4 Å². The zero-order valence-electron chi connectivity index (χ0n) is 10.5. The van der Waals surface area contributed by atoms with Crippen molar-refractivity contribution in [3.05, 3.63) is 54.0 Å². The van der Waals surface area contributed by atoms with Crippen molar-refractivity contribution < 1.29 is 19.0 Å². The topological polar surface area (TPSA) is 71.5 Å². The molecule has 0 bridgehead atoms. The Bertz CT molecular complexity index is 590. The first-order chi connectivity index (χ1) is 9.66. The van der Waals surface area contributed by atoms with Crippen LogP contribution in [0.5, 0.6) is 5.75 Å². The highest BCUT2D eigenvalue weighted by molar-refractivity contribution is 5.93. The summed E-state index contributed by atoms with van der Waals surface area (Å²) in [7, 11) is 0. The third-order valence-corrected chi connectivity index (χ3v) is 2.49. The molecule has 0 saturated heterocycles. The lowest BCUT2D eigenvalue weighted by Crippen LogP contribution is -2.15.